The summed E-state index contributed by atoms with van der Waals surface area (Å²) in [6.45, 7) is 2.37. The minimum Gasteiger partial charge on any atom is -0.493 e. The van der Waals surface area contributed by atoms with Gasteiger partial charge in [0.2, 0.25) is 0 Å². The molecule has 0 radical (unpaired) electrons. The Labute approximate surface area is 136 Å². The van der Waals surface area contributed by atoms with Gasteiger partial charge < -0.3 is 14.6 Å². The number of aliphatic hydroxyl groups is 1. The molecule has 2 aliphatic carbocycles. The Morgan fingerprint density at radius 3 is 3.00 bits per heavy atom. The maximum atomic E-state index is 10.8. The van der Waals surface area contributed by atoms with Crippen molar-refractivity contribution < 1.29 is 14.6 Å². The number of hydrogen-bond acceptors (Lipinski definition) is 4. The first-order valence-corrected chi connectivity index (χ1v) is 9.00. The topological polar surface area (TPSA) is 41.9 Å². The van der Waals surface area contributed by atoms with Gasteiger partial charge in [0, 0.05) is 22.4 Å². The molecule has 2 saturated heterocycles. The van der Waals surface area contributed by atoms with Crippen LogP contribution in [0.2, 0.25) is 0 Å². The number of nitrogens with zero attached hydrogens (tertiary/aromatic N) is 1. The van der Waals surface area contributed by atoms with Gasteiger partial charge in [-0.2, -0.15) is 0 Å². The zero-order valence-electron chi connectivity index (χ0n) is 13.5. The molecule has 4 bridgehead atoms. The largest absolute Gasteiger partial charge is 0.493 e. The lowest BCUT2D eigenvalue weighted by Crippen LogP contribution is -2.69. The lowest BCUT2D eigenvalue weighted by Gasteiger charge is -2.62. The van der Waals surface area contributed by atoms with E-state index in [0.29, 0.717) is 11.5 Å². The molecule has 0 amide bonds. The Bertz CT molecular complexity index is 719. The highest BCUT2D eigenvalue weighted by Gasteiger charge is 2.74. The van der Waals surface area contributed by atoms with Crippen molar-refractivity contribution in [2.45, 2.75) is 55.8 Å². The molecule has 1 aromatic carbocycles. The molecule has 6 rings (SSSR count). The summed E-state index contributed by atoms with van der Waals surface area (Å²) < 4.78 is 12.1. The van der Waals surface area contributed by atoms with E-state index >= 15 is 0 Å². The third-order valence-corrected chi connectivity index (χ3v) is 7.86. The van der Waals surface area contributed by atoms with Crippen molar-refractivity contribution in [3.05, 3.63) is 23.3 Å². The van der Waals surface area contributed by atoms with Crippen molar-refractivity contribution in [3.8, 4) is 11.5 Å². The van der Waals surface area contributed by atoms with Crippen LogP contribution in [0, 0.1) is 5.41 Å². The highest BCUT2D eigenvalue weighted by atomic mass is 16.5. The van der Waals surface area contributed by atoms with E-state index in [1.165, 1.54) is 24.1 Å². The molecule has 1 unspecified atom stereocenters. The molecule has 1 saturated carbocycles. The molecular formula is C19H23NO3. The van der Waals surface area contributed by atoms with Gasteiger partial charge in [-0.05, 0) is 56.8 Å². The van der Waals surface area contributed by atoms with E-state index in [0.717, 1.165) is 43.7 Å². The fourth-order valence-corrected chi connectivity index (χ4v) is 7.09. The molecule has 4 heteroatoms. The number of benzene rings is 1. The predicted molar refractivity (Wildman–Crippen MR) is 85.1 cm³/mol. The maximum absolute atomic E-state index is 10.8. The lowest BCUT2D eigenvalue weighted by atomic mass is 9.44. The van der Waals surface area contributed by atoms with Crippen LogP contribution in [-0.4, -0.2) is 48.5 Å². The van der Waals surface area contributed by atoms with Crippen LogP contribution in [0.5, 0.6) is 11.5 Å². The second kappa shape index (κ2) is 3.86. The van der Waals surface area contributed by atoms with Crippen molar-refractivity contribution in [2.24, 2.45) is 5.41 Å². The molecule has 2 spiro atoms. The van der Waals surface area contributed by atoms with Crippen molar-refractivity contribution in [3.63, 3.8) is 0 Å². The van der Waals surface area contributed by atoms with Crippen molar-refractivity contribution in [1.82, 2.24) is 4.90 Å². The van der Waals surface area contributed by atoms with Crippen molar-refractivity contribution >= 4 is 0 Å². The molecule has 1 aromatic rings. The van der Waals surface area contributed by atoms with E-state index in [4.69, 9.17) is 9.47 Å². The summed E-state index contributed by atoms with van der Waals surface area (Å²) in [5, 5.41) is 10.8. The second-order valence-electron chi connectivity index (χ2n) is 8.16. The first-order valence-electron chi connectivity index (χ1n) is 9.00. The Morgan fingerprint density at radius 1 is 1.26 bits per heavy atom. The van der Waals surface area contributed by atoms with E-state index in [-0.39, 0.29) is 17.6 Å². The summed E-state index contributed by atoms with van der Waals surface area (Å²) in [6.07, 6.45) is 5.12. The van der Waals surface area contributed by atoms with E-state index in [1.807, 2.05) is 0 Å². The fourth-order valence-electron chi connectivity index (χ4n) is 7.09. The Morgan fingerprint density at radius 2 is 2.13 bits per heavy atom. The Kier molecular flexibility index (Phi) is 2.20. The molecule has 6 atom stereocenters. The quantitative estimate of drug-likeness (QED) is 0.859. The first kappa shape index (κ1) is 13.1. The number of ether oxygens (including phenoxy) is 2. The summed E-state index contributed by atoms with van der Waals surface area (Å²) in [5.41, 5.74) is 3.16. The fraction of sp³-hybridized carbons (Fsp3) is 0.684. The predicted octanol–water partition coefficient (Wildman–Crippen LogP) is 1.87. The zero-order chi connectivity index (χ0) is 15.4. The minimum absolute atomic E-state index is 0.0137. The molecule has 3 aliphatic heterocycles. The number of rotatable bonds is 1. The summed E-state index contributed by atoms with van der Waals surface area (Å²) in [6, 6.07) is 4.94. The maximum Gasteiger partial charge on any atom is 0.165 e. The molecule has 23 heavy (non-hydrogen) atoms. The zero-order valence-corrected chi connectivity index (χ0v) is 13.5. The number of methoxy groups -OCH3 is 1. The van der Waals surface area contributed by atoms with E-state index in [9.17, 15) is 5.11 Å². The molecule has 3 heterocycles. The van der Waals surface area contributed by atoms with Gasteiger partial charge in [0.25, 0.3) is 0 Å². The molecule has 0 aromatic heterocycles. The van der Waals surface area contributed by atoms with Crippen LogP contribution >= 0.6 is 0 Å². The molecule has 5 aliphatic rings. The van der Waals surface area contributed by atoms with Gasteiger partial charge >= 0.3 is 0 Å². The number of hydrogen-bond donors (Lipinski definition) is 1. The monoisotopic (exact) mass is 313 g/mol. The SMILES string of the molecule is COc1ccc2c3c1O[C@H]1[C@H](O)CC[C@]45CCN(CC[C@]314)[C@@H]5C2. The summed E-state index contributed by atoms with van der Waals surface area (Å²) in [5.74, 6) is 1.78. The highest BCUT2D eigenvalue weighted by Crippen LogP contribution is 2.71. The van der Waals surface area contributed by atoms with Crippen LogP contribution in [0.1, 0.15) is 36.8 Å². The third kappa shape index (κ3) is 1.17. The molecule has 4 nitrogen and oxygen atoms in total. The normalized spacial score (nSPS) is 47.9. The lowest BCUT2D eigenvalue weighted by molar-refractivity contribution is -0.131. The highest BCUT2D eigenvalue weighted by molar-refractivity contribution is 5.62. The van der Waals surface area contributed by atoms with Gasteiger partial charge in [0.1, 0.15) is 6.10 Å². The van der Waals surface area contributed by atoms with E-state index in [2.05, 4.69) is 17.0 Å². The number of piperidine rings is 1. The van der Waals surface area contributed by atoms with Crippen molar-refractivity contribution in [1.29, 1.82) is 0 Å². The van der Waals surface area contributed by atoms with E-state index in [1.54, 1.807) is 7.11 Å². The number of aliphatic hydroxyl groups excluding tert-OH is 1. The molecule has 1 N–H and O–H groups in total. The molecular weight excluding hydrogens is 290 g/mol. The van der Waals surface area contributed by atoms with Gasteiger partial charge in [0.15, 0.2) is 11.5 Å². The summed E-state index contributed by atoms with van der Waals surface area (Å²) in [7, 11) is 1.72. The average molecular weight is 313 g/mol. The van der Waals surface area contributed by atoms with E-state index < -0.39 is 0 Å². The van der Waals surface area contributed by atoms with Gasteiger partial charge in [0.05, 0.1) is 13.2 Å². The van der Waals surface area contributed by atoms with Gasteiger partial charge in [-0.3, -0.25) is 4.90 Å². The van der Waals surface area contributed by atoms with Crippen LogP contribution in [0.3, 0.4) is 0 Å². The van der Waals surface area contributed by atoms with Gasteiger partial charge in [-0.15, -0.1) is 0 Å². The average Bonchev–Trinajstić information content (AvgIpc) is 3.02. The Hall–Kier alpha value is -1.26. The Balaban J connectivity index is 1.71. The summed E-state index contributed by atoms with van der Waals surface area (Å²) in [4.78, 5) is 2.71. The standard InChI is InChI=1S/C19H23NO3/c1-22-13-3-2-11-10-14-18-5-4-12(21)17-19(18,15(11)16(13)23-17)7-9-20(14)8-6-18/h2-3,12,14,17,21H,4-10H2,1H3/t12-,14-,17+,18-,19+/m1/s1. The third-order valence-electron chi connectivity index (χ3n) is 7.86. The van der Waals surface area contributed by atoms with Gasteiger partial charge in [-0.1, -0.05) is 6.07 Å². The van der Waals surface area contributed by atoms with Crippen molar-refractivity contribution in [2.75, 3.05) is 20.2 Å². The summed E-state index contributed by atoms with van der Waals surface area (Å²) >= 11 is 0. The van der Waals surface area contributed by atoms with Crippen LogP contribution in [0.25, 0.3) is 0 Å². The molecule has 3 fully saturated rings. The van der Waals surface area contributed by atoms with Crippen LogP contribution in [-0.2, 0) is 11.8 Å². The van der Waals surface area contributed by atoms with Crippen LogP contribution in [0.4, 0.5) is 0 Å². The van der Waals surface area contributed by atoms with Crippen LogP contribution in [0.15, 0.2) is 12.1 Å². The smallest absolute Gasteiger partial charge is 0.165 e. The van der Waals surface area contributed by atoms with Crippen LogP contribution < -0.4 is 9.47 Å². The van der Waals surface area contributed by atoms with Gasteiger partial charge in [-0.25, -0.2) is 0 Å². The minimum atomic E-state index is -0.350. The first-order chi connectivity index (χ1) is 11.2. The molecule has 122 valence electrons. The second-order valence-corrected chi connectivity index (χ2v) is 8.16.